The standard InChI is InChI=1S/C16H33N3/c1-13(2)9-16-12-18(8-6-17-16)10-15-5-7-19(11-15)14(3)4/h13-17H,5-12H2,1-4H3. The molecule has 0 aliphatic carbocycles. The highest BCUT2D eigenvalue weighted by molar-refractivity contribution is 4.84. The molecule has 2 rings (SSSR count). The summed E-state index contributed by atoms with van der Waals surface area (Å²) in [4.78, 5) is 5.34. The van der Waals surface area contributed by atoms with Gasteiger partial charge in [-0.1, -0.05) is 13.8 Å². The van der Waals surface area contributed by atoms with Crippen LogP contribution in [-0.2, 0) is 0 Å². The molecular weight excluding hydrogens is 234 g/mol. The average molecular weight is 267 g/mol. The molecule has 2 atom stereocenters. The Labute approximate surface area is 119 Å². The molecule has 112 valence electrons. The van der Waals surface area contributed by atoms with E-state index in [4.69, 9.17) is 0 Å². The van der Waals surface area contributed by atoms with Crippen LogP contribution in [0.25, 0.3) is 0 Å². The highest BCUT2D eigenvalue weighted by Crippen LogP contribution is 2.20. The van der Waals surface area contributed by atoms with Crippen molar-refractivity contribution in [1.29, 1.82) is 0 Å². The van der Waals surface area contributed by atoms with Crippen LogP contribution in [0.1, 0.15) is 40.5 Å². The molecule has 0 radical (unpaired) electrons. The highest BCUT2D eigenvalue weighted by atomic mass is 15.2. The normalized spacial score (nSPS) is 30.6. The largest absolute Gasteiger partial charge is 0.311 e. The Balaban J connectivity index is 1.74. The van der Waals surface area contributed by atoms with Crippen LogP contribution in [0.15, 0.2) is 0 Å². The van der Waals surface area contributed by atoms with Gasteiger partial charge < -0.3 is 15.1 Å². The Hall–Kier alpha value is -0.120. The highest BCUT2D eigenvalue weighted by Gasteiger charge is 2.28. The molecule has 2 aliphatic rings. The summed E-state index contributed by atoms with van der Waals surface area (Å²) < 4.78 is 0. The number of hydrogen-bond donors (Lipinski definition) is 1. The van der Waals surface area contributed by atoms with Gasteiger partial charge in [-0.3, -0.25) is 0 Å². The van der Waals surface area contributed by atoms with Gasteiger partial charge in [0.05, 0.1) is 0 Å². The second-order valence-corrected chi connectivity index (χ2v) is 7.28. The van der Waals surface area contributed by atoms with Gasteiger partial charge in [0.1, 0.15) is 0 Å². The second-order valence-electron chi connectivity index (χ2n) is 7.28. The summed E-state index contributed by atoms with van der Waals surface area (Å²) in [5.41, 5.74) is 0. The summed E-state index contributed by atoms with van der Waals surface area (Å²) in [7, 11) is 0. The molecule has 19 heavy (non-hydrogen) atoms. The van der Waals surface area contributed by atoms with Crippen molar-refractivity contribution < 1.29 is 0 Å². The van der Waals surface area contributed by atoms with Gasteiger partial charge in [-0.15, -0.1) is 0 Å². The zero-order valence-corrected chi connectivity index (χ0v) is 13.4. The number of rotatable bonds is 5. The van der Waals surface area contributed by atoms with Gasteiger partial charge in [0.15, 0.2) is 0 Å². The Bertz CT molecular complexity index is 265. The SMILES string of the molecule is CC(C)CC1CN(CC2CCN(C(C)C)C2)CCN1. The van der Waals surface area contributed by atoms with Crippen LogP contribution in [0, 0.1) is 11.8 Å². The minimum atomic E-state index is 0.719. The van der Waals surface area contributed by atoms with Gasteiger partial charge >= 0.3 is 0 Å². The van der Waals surface area contributed by atoms with Crippen molar-refractivity contribution in [2.24, 2.45) is 11.8 Å². The maximum atomic E-state index is 3.68. The molecule has 2 saturated heterocycles. The first-order valence-electron chi connectivity index (χ1n) is 8.24. The predicted octanol–water partition coefficient (Wildman–Crippen LogP) is 2.04. The van der Waals surface area contributed by atoms with Gasteiger partial charge in [0.25, 0.3) is 0 Å². The molecule has 0 aromatic carbocycles. The average Bonchev–Trinajstić information content (AvgIpc) is 2.77. The number of likely N-dealkylation sites (tertiary alicyclic amines) is 1. The van der Waals surface area contributed by atoms with E-state index in [9.17, 15) is 0 Å². The smallest absolute Gasteiger partial charge is 0.0198 e. The quantitative estimate of drug-likeness (QED) is 0.822. The Morgan fingerprint density at radius 3 is 2.53 bits per heavy atom. The van der Waals surface area contributed by atoms with E-state index in [1.807, 2.05) is 0 Å². The predicted molar refractivity (Wildman–Crippen MR) is 82.5 cm³/mol. The fourth-order valence-electron chi connectivity index (χ4n) is 3.63. The molecule has 0 amide bonds. The van der Waals surface area contributed by atoms with Crippen LogP contribution < -0.4 is 5.32 Å². The van der Waals surface area contributed by atoms with Crippen molar-refractivity contribution >= 4 is 0 Å². The van der Waals surface area contributed by atoms with Gasteiger partial charge in [-0.05, 0) is 45.1 Å². The molecule has 2 aliphatic heterocycles. The Kier molecular flexibility index (Phi) is 5.67. The first-order valence-corrected chi connectivity index (χ1v) is 8.24. The third-order valence-electron chi connectivity index (χ3n) is 4.66. The summed E-state index contributed by atoms with van der Waals surface area (Å²) in [5, 5.41) is 3.68. The minimum Gasteiger partial charge on any atom is -0.311 e. The number of hydrogen-bond acceptors (Lipinski definition) is 3. The van der Waals surface area contributed by atoms with E-state index in [1.165, 1.54) is 52.1 Å². The van der Waals surface area contributed by atoms with E-state index < -0.39 is 0 Å². The first kappa shape index (κ1) is 15.3. The zero-order chi connectivity index (χ0) is 13.8. The van der Waals surface area contributed by atoms with E-state index in [1.54, 1.807) is 0 Å². The number of piperazine rings is 1. The fraction of sp³-hybridized carbons (Fsp3) is 1.00. The summed E-state index contributed by atoms with van der Waals surface area (Å²) in [6, 6.07) is 1.44. The van der Waals surface area contributed by atoms with Crippen molar-refractivity contribution in [2.75, 3.05) is 39.3 Å². The molecule has 3 heteroatoms. The van der Waals surface area contributed by atoms with Gasteiger partial charge in [-0.25, -0.2) is 0 Å². The molecular formula is C16H33N3. The summed E-state index contributed by atoms with van der Waals surface area (Å²) in [5.74, 6) is 1.71. The minimum absolute atomic E-state index is 0.719. The molecule has 2 unspecified atom stereocenters. The third-order valence-corrected chi connectivity index (χ3v) is 4.66. The molecule has 2 heterocycles. The van der Waals surface area contributed by atoms with Crippen LogP contribution in [0.2, 0.25) is 0 Å². The van der Waals surface area contributed by atoms with Crippen LogP contribution in [-0.4, -0.2) is 61.2 Å². The summed E-state index contributed by atoms with van der Waals surface area (Å²) in [6.45, 7) is 16.9. The Morgan fingerprint density at radius 1 is 1.11 bits per heavy atom. The number of nitrogens with zero attached hydrogens (tertiary/aromatic N) is 2. The summed E-state index contributed by atoms with van der Waals surface area (Å²) >= 11 is 0. The van der Waals surface area contributed by atoms with E-state index >= 15 is 0 Å². The molecule has 1 N–H and O–H groups in total. The first-order chi connectivity index (χ1) is 9.04. The van der Waals surface area contributed by atoms with Gasteiger partial charge in [-0.2, -0.15) is 0 Å². The monoisotopic (exact) mass is 267 g/mol. The second kappa shape index (κ2) is 7.05. The lowest BCUT2D eigenvalue weighted by atomic mass is 10.0. The topological polar surface area (TPSA) is 18.5 Å². The molecule has 0 aromatic rings. The van der Waals surface area contributed by atoms with Crippen LogP contribution >= 0.6 is 0 Å². The maximum absolute atomic E-state index is 3.68. The van der Waals surface area contributed by atoms with E-state index in [0.717, 1.165) is 23.9 Å². The van der Waals surface area contributed by atoms with Crippen LogP contribution in [0.3, 0.4) is 0 Å². The van der Waals surface area contributed by atoms with Crippen LogP contribution in [0.4, 0.5) is 0 Å². The zero-order valence-electron chi connectivity index (χ0n) is 13.4. The lowest BCUT2D eigenvalue weighted by Crippen LogP contribution is -2.52. The Morgan fingerprint density at radius 2 is 1.89 bits per heavy atom. The van der Waals surface area contributed by atoms with Crippen molar-refractivity contribution in [1.82, 2.24) is 15.1 Å². The van der Waals surface area contributed by atoms with E-state index in [0.29, 0.717) is 0 Å². The number of nitrogens with one attached hydrogen (secondary N) is 1. The van der Waals surface area contributed by atoms with Crippen molar-refractivity contribution in [3.05, 3.63) is 0 Å². The molecule has 2 fully saturated rings. The van der Waals surface area contributed by atoms with Crippen molar-refractivity contribution in [2.45, 2.75) is 52.6 Å². The molecule has 0 aromatic heterocycles. The fourth-order valence-corrected chi connectivity index (χ4v) is 3.63. The molecule has 0 bridgehead atoms. The lowest BCUT2D eigenvalue weighted by Gasteiger charge is -2.36. The van der Waals surface area contributed by atoms with Crippen molar-refractivity contribution in [3.8, 4) is 0 Å². The lowest BCUT2D eigenvalue weighted by molar-refractivity contribution is 0.160. The van der Waals surface area contributed by atoms with Gasteiger partial charge in [0, 0.05) is 44.8 Å². The third kappa shape index (κ3) is 4.73. The molecule has 0 spiro atoms. The van der Waals surface area contributed by atoms with Gasteiger partial charge in [0.2, 0.25) is 0 Å². The van der Waals surface area contributed by atoms with E-state index in [2.05, 4.69) is 42.8 Å². The molecule has 3 nitrogen and oxygen atoms in total. The molecule has 0 saturated carbocycles. The van der Waals surface area contributed by atoms with Crippen LogP contribution in [0.5, 0.6) is 0 Å². The van der Waals surface area contributed by atoms with E-state index in [-0.39, 0.29) is 0 Å². The van der Waals surface area contributed by atoms with Crippen molar-refractivity contribution in [3.63, 3.8) is 0 Å². The summed E-state index contributed by atoms with van der Waals surface area (Å²) in [6.07, 6.45) is 2.72. The maximum Gasteiger partial charge on any atom is 0.0198 e.